The second-order valence-electron chi connectivity index (χ2n) is 5.05. The summed E-state index contributed by atoms with van der Waals surface area (Å²) in [6.07, 6.45) is 0.859. The zero-order chi connectivity index (χ0) is 14.1. The molecule has 6 heteroatoms. The lowest BCUT2D eigenvalue weighted by molar-refractivity contribution is 0.100. The fourth-order valence-corrected chi connectivity index (χ4v) is 2.58. The summed E-state index contributed by atoms with van der Waals surface area (Å²) >= 11 is 0. The van der Waals surface area contributed by atoms with Gasteiger partial charge in [0.1, 0.15) is 5.52 Å². The summed E-state index contributed by atoms with van der Waals surface area (Å²) in [5.41, 5.74) is 8.61. The van der Waals surface area contributed by atoms with E-state index in [2.05, 4.69) is 27.1 Å². The number of amides is 1. The smallest absolute Gasteiger partial charge is 0.250 e. The number of benzene rings is 1. The molecule has 1 aromatic carbocycles. The first-order valence-electron chi connectivity index (χ1n) is 6.97. The standard InChI is InChI=1S/C14H19N5O/c1-2-9-7-10(13(15)20)12-11(8-9)17-14(18-12)19-5-3-16-4-6-19/h7-8,16H,2-6H2,1H3,(H2,15,20)(H,17,18). The number of H-pyrrole nitrogens is 1. The fraction of sp³-hybridized carbons (Fsp3) is 0.429. The molecule has 2 aromatic rings. The van der Waals surface area contributed by atoms with Crippen LogP contribution in [0.15, 0.2) is 12.1 Å². The van der Waals surface area contributed by atoms with Crippen molar-refractivity contribution in [2.75, 3.05) is 31.1 Å². The van der Waals surface area contributed by atoms with Gasteiger partial charge in [0.25, 0.3) is 5.91 Å². The molecule has 0 aliphatic carbocycles. The van der Waals surface area contributed by atoms with Crippen LogP contribution in [0.1, 0.15) is 22.8 Å². The Hall–Kier alpha value is -2.08. The number of aromatic amines is 1. The Morgan fingerprint density at radius 1 is 1.40 bits per heavy atom. The van der Waals surface area contributed by atoms with Crippen LogP contribution in [0.3, 0.4) is 0 Å². The van der Waals surface area contributed by atoms with Gasteiger partial charge < -0.3 is 20.9 Å². The van der Waals surface area contributed by atoms with Crippen LogP contribution in [-0.2, 0) is 6.42 Å². The molecular weight excluding hydrogens is 254 g/mol. The number of nitrogens with zero attached hydrogens (tertiary/aromatic N) is 2. The summed E-state index contributed by atoms with van der Waals surface area (Å²) in [6.45, 7) is 5.76. The third-order valence-corrected chi connectivity index (χ3v) is 3.72. The molecule has 6 nitrogen and oxygen atoms in total. The van der Waals surface area contributed by atoms with Gasteiger partial charge in [-0.05, 0) is 24.1 Å². The Balaban J connectivity index is 2.09. The zero-order valence-electron chi connectivity index (χ0n) is 11.6. The highest BCUT2D eigenvalue weighted by Crippen LogP contribution is 2.23. The summed E-state index contributed by atoms with van der Waals surface area (Å²) < 4.78 is 0. The molecule has 1 aliphatic rings. The molecule has 106 valence electrons. The number of nitrogens with one attached hydrogen (secondary N) is 2. The van der Waals surface area contributed by atoms with E-state index in [1.807, 2.05) is 12.1 Å². The molecule has 1 fully saturated rings. The number of hydrogen-bond acceptors (Lipinski definition) is 4. The second-order valence-corrected chi connectivity index (χ2v) is 5.05. The van der Waals surface area contributed by atoms with Gasteiger partial charge in [0.05, 0.1) is 11.1 Å². The number of rotatable bonds is 3. The van der Waals surface area contributed by atoms with Gasteiger partial charge in [-0.25, -0.2) is 4.98 Å². The molecule has 1 aliphatic heterocycles. The van der Waals surface area contributed by atoms with E-state index in [1.54, 1.807) is 0 Å². The zero-order valence-corrected chi connectivity index (χ0v) is 11.6. The average molecular weight is 273 g/mol. The maximum absolute atomic E-state index is 11.6. The van der Waals surface area contributed by atoms with Crippen LogP contribution in [0.5, 0.6) is 0 Å². The van der Waals surface area contributed by atoms with Gasteiger partial charge in [0, 0.05) is 26.2 Å². The second kappa shape index (κ2) is 5.13. The van der Waals surface area contributed by atoms with E-state index in [0.29, 0.717) is 11.1 Å². The Labute approximate surface area is 117 Å². The Bertz CT molecular complexity index is 642. The summed E-state index contributed by atoms with van der Waals surface area (Å²) in [5, 5.41) is 3.31. The van der Waals surface area contributed by atoms with Crippen molar-refractivity contribution in [3.63, 3.8) is 0 Å². The first kappa shape index (κ1) is 12.9. The van der Waals surface area contributed by atoms with Gasteiger partial charge in [-0.15, -0.1) is 0 Å². The van der Waals surface area contributed by atoms with Crippen LogP contribution in [0.2, 0.25) is 0 Å². The van der Waals surface area contributed by atoms with E-state index in [-0.39, 0.29) is 0 Å². The van der Waals surface area contributed by atoms with Crippen LogP contribution in [0.4, 0.5) is 5.95 Å². The highest BCUT2D eigenvalue weighted by molar-refractivity contribution is 6.04. The van der Waals surface area contributed by atoms with Crippen molar-refractivity contribution in [3.05, 3.63) is 23.3 Å². The maximum atomic E-state index is 11.6. The lowest BCUT2D eigenvalue weighted by atomic mass is 10.1. The van der Waals surface area contributed by atoms with Gasteiger partial charge in [0.2, 0.25) is 5.95 Å². The van der Waals surface area contributed by atoms with E-state index in [9.17, 15) is 4.79 Å². The summed E-state index contributed by atoms with van der Waals surface area (Å²) in [5.74, 6) is 0.390. The Kier molecular flexibility index (Phi) is 3.31. The summed E-state index contributed by atoms with van der Waals surface area (Å²) in [7, 11) is 0. The molecule has 0 bridgehead atoms. The van der Waals surface area contributed by atoms with Crippen LogP contribution >= 0.6 is 0 Å². The molecule has 20 heavy (non-hydrogen) atoms. The largest absolute Gasteiger partial charge is 0.366 e. The predicted molar refractivity (Wildman–Crippen MR) is 79.1 cm³/mol. The topological polar surface area (TPSA) is 87.0 Å². The SMILES string of the molecule is CCc1cc(C(N)=O)c2nc(N3CCNCC3)[nH]c2c1. The van der Waals surface area contributed by atoms with Crippen molar-refractivity contribution < 1.29 is 4.79 Å². The first-order chi connectivity index (χ1) is 9.69. The molecule has 1 saturated heterocycles. The molecule has 0 atom stereocenters. The van der Waals surface area contributed by atoms with E-state index < -0.39 is 5.91 Å². The van der Waals surface area contributed by atoms with Crippen LogP contribution in [-0.4, -0.2) is 42.1 Å². The number of carbonyl (C=O) groups excluding carboxylic acids is 1. The van der Waals surface area contributed by atoms with Crippen molar-refractivity contribution in [2.24, 2.45) is 5.73 Å². The van der Waals surface area contributed by atoms with E-state index in [0.717, 1.165) is 49.6 Å². The van der Waals surface area contributed by atoms with Crippen LogP contribution in [0.25, 0.3) is 11.0 Å². The van der Waals surface area contributed by atoms with Gasteiger partial charge in [-0.1, -0.05) is 6.92 Å². The van der Waals surface area contributed by atoms with Crippen molar-refractivity contribution in [1.29, 1.82) is 0 Å². The van der Waals surface area contributed by atoms with E-state index in [4.69, 9.17) is 5.73 Å². The monoisotopic (exact) mass is 273 g/mol. The minimum absolute atomic E-state index is 0.427. The number of piperazine rings is 1. The number of imidazole rings is 1. The molecule has 0 unspecified atom stereocenters. The number of carbonyl (C=O) groups is 1. The molecule has 0 radical (unpaired) electrons. The maximum Gasteiger partial charge on any atom is 0.250 e. The minimum Gasteiger partial charge on any atom is -0.366 e. The van der Waals surface area contributed by atoms with Crippen molar-refractivity contribution in [2.45, 2.75) is 13.3 Å². The fourth-order valence-electron chi connectivity index (χ4n) is 2.58. The third-order valence-electron chi connectivity index (χ3n) is 3.72. The molecule has 0 saturated carbocycles. The number of anilines is 1. The highest BCUT2D eigenvalue weighted by atomic mass is 16.1. The third kappa shape index (κ3) is 2.22. The number of aromatic nitrogens is 2. The number of fused-ring (bicyclic) bond motifs is 1. The van der Waals surface area contributed by atoms with E-state index in [1.165, 1.54) is 0 Å². The van der Waals surface area contributed by atoms with Crippen molar-refractivity contribution >= 4 is 22.9 Å². The molecule has 0 spiro atoms. The molecular formula is C14H19N5O. The number of nitrogens with two attached hydrogens (primary N) is 1. The molecule has 4 N–H and O–H groups in total. The molecule has 3 rings (SSSR count). The highest BCUT2D eigenvalue weighted by Gasteiger charge is 2.17. The van der Waals surface area contributed by atoms with Gasteiger partial charge in [0.15, 0.2) is 0 Å². The number of primary amides is 1. The Morgan fingerprint density at radius 3 is 2.80 bits per heavy atom. The number of hydrogen-bond donors (Lipinski definition) is 3. The van der Waals surface area contributed by atoms with Gasteiger partial charge in [-0.3, -0.25) is 4.79 Å². The Morgan fingerprint density at radius 2 is 2.15 bits per heavy atom. The first-order valence-corrected chi connectivity index (χ1v) is 6.97. The molecule has 2 heterocycles. The molecule has 1 amide bonds. The quantitative estimate of drug-likeness (QED) is 0.765. The van der Waals surface area contributed by atoms with Gasteiger partial charge in [-0.2, -0.15) is 0 Å². The average Bonchev–Trinajstić information content (AvgIpc) is 2.90. The normalized spacial score (nSPS) is 15.8. The van der Waals surface area contributed by atoms with E-state index >= 15 is 0 Å². The van der Waals surface area contributed by atoms with Crippen LogP contribution in [0, 0.1) is 0 Å². The van der Waals surface area contributed by atoms with Crippen LogP contribution < -0.4 is 16.0 Å². The van der Waals surface area contributed by atoms with Crippen molar-refractivity contribution in [1.82, 2.24) is 15.3 Å². The molecule has 1 aromatic heterocycles. The minimum atomic E-state index is -0.427. The summed E-state index contributed by atoms with van der Waals surface area (Å²) in [6, 6.07) is 3.88. The number of aryl methyl sites for hydroxylation is 1. The van der Waals surface area contributed by atoms with Crippen molar-refractivity contribution in [3.8, 4) is 0 Å². The lowest BCUT2D eigenvalue weighted by Gasteiger charge is -2.26. The van der Waals surface area contributed by atoms with Gasteiger partial charge >= 0.3 is 0 Å². The predicted octanol–water partition coefficient (Wildman–Crippen LogP) is 0.634. The summed E-state index contributed by atoms with van der Waals surface area (Å²) in [4.78, 5) is 21.7. The lowest BCUT2D eigenvalue weighted by Crippen LogP contribution is -2.44.